The lowest BCUT2D eigenvalue weighted by atomic mass is 10.0. The van der Waals surface area contributed by atoms with E-state index in [0.717, 1.165) is 48.9 Å². The molecule has 0 spiro atoms. The van der Waals surface area contributed by atoms with Crippen molar-refractivity contribution in [1.29, 1.82) is 0 Å². The van der Waals surface area contributed by atoms with Crippen LogP contribution in [0.25, 0.3) is 10.9 Å². The zero-order chi connectivity index (χ0) is 19.3. The number of aromatic amines is 1. The predicted molar refractivity (Wildman–Crippen MR) is 113 cm³/mol. The number of para-hydroxylation sites is 1. The highest BCUT2D eigenvalue weighted by atomic mass is 16.2. The van der Waals surface area contributed by atoms with Crippen LogP contribution in [-0.4, -0.2) is 41.0 Å². The lowest BCUT2D eigenvalue weighted by molar-refractivity contribution is -0.123. The number of rotatable bonds is 6. The van der Waals surface area contributed by atoms with Crippen LogP contribution in [0.4, 0.5) is 0 Å². The molecule has 1 saturated heterocycles. The first-order chi connectivity index (χ1) is 13.7. The van der Waals surface area contributed by atoms with Crippen LogP contribution in [0, 0.1) is 0 Å². The van der Waals surface area contributed by atoms with Crippen LogP contribution in [-0.2, 0) is 17.8 Å². The summed E-state index contributed by atoms with van der Waals surface area (Å²) in [5.41, 5.74) is 9.72. The molecule has 1 fully saturated rings. The molecule has 3 aromatic rings. The number of fused-ring (bicyclic) bond motifs is 1. The van der Waals surface area contributed by atoms with E-state index in [1.54, 1.807) is 0 Å². The third-order valence-electron chi connectivity index (χ3n) is 5.63. The Balaban J connectivity index is 1.26. The zero-order valence-electron chi connectivity index (χ0n) is 16.1. The maximum Gasteiger partial charge on any atom is 0.237 e. The molecule has 28 heavy (non-hydrogen) atoms. The van der Waals surface area contributed by atoms with Crippen molar-refractivity contribution < 1.29 is 4.79 Å². The minimum Gasteiger partial charge on any atom is -0.361 e. The summed E-state index contributed by atoms with van der Waals surface area (Å²) < 4.78 is 0. The summed E-state index contributed by atoms with van der Waals surface area (Å²) in [4.78, 5) is 18.3. The van der Waals surface area contributed by atoms with E-state index in [0.29, 0.717) is 6.42 Å². The van der Waals surface area contributed by atoms with E-state index >= 15 is 0 Å². The Hall–Kier alpha value is -2.63. The van der Waals surface area contributed by atoms with Gasteiger partial charge in [0.15, 0.2) is 0 Å². The molecule has 1 atom stereocenters. The van der Waals surface area contributed by atoms with E-state index in [2.05, 4.69) is 45.5 Å². The molecule has 2 aromatic carbocycles. The molecule has 1 aliphatic heterocycles. The highest BCUT2D eigenvalue weighted by molar-refractivity contribution is 5.86. The van der Waals surface area contributed by atoms with Crippen molar-refractivity contribution >= 4 is 16.8 Å². The second kappa shape index (κ2) is 8.59. The molecule has 4 rings (SSSR count). The standard InChI is InChI=1S/C23H28N4O/c24-21(14-18-15-25-22-9-5-4-8-20(18)22)23(28)26-19-10-12-27(13-11-19)16-17-6-2-1-3-7-17/h1-9,15,19,21,25H,10-14,16,24H2,(H,26,28)/t21-/m1/s1. The number of H-pyrrole nitrogens is 1. The smallest absolute Gasteiger partial charge is 0.237 e. The maximum absolute atomic E-state index is 12.6. The van der Waals surface area contributed by atoms with Gasteiger partial charge in [0.25, 0.3) is 0 Å². The van der Waals surface area contributed by atoms with Gasteiger partial charge in [-0.3, -0.25) is 9.69 Å². The number of carbonyl (C=O) groups excluding carboxylic acids is 1. The Morgan fingerprint density at radius 2 is 1.82 bits per heavy atom. The predicted octanol–water partition coefficient (Wildman–Crippen LogP) is 2.82. The number of nitrogens with one attached hydrogen (secondary N) is 2. The molecule has 146 valence electrons. The summed E-state index contributed by atoms with van der Waals surface area (Å²) in [5, 5.41) is 4.30. The number of piperidine rings is 1. The summed E-state index contributed by atoms with van der Waals surface area (Å²) >= 11 is 0. The fraction of sp³-hybridized carbons (Fsp3) is 0.348. The number of nitrogens with zero attached hydrogens (tertiary/aromatic N) is 1. The van der Waals surface area contributed by atoms with Gasteiger partial charge in [-0.05, 0) is 36.5 Å². The molecule has 0 saturated carbocycles. The molecule has 0 bridgehead atoms. The van der Waals surface area contributed by atoms with Gasteiger partial charge in [0, 0.05) is 42.8 Å². The number of likely N-dealkylation sites (tertiary alicyclic amines) is 1. The molecule has 1 aliphatic rings. The molecular formula is C23H28N4O. The van der Waals surface area contributed by atoms with E-state index < -0.39 is 6.04 Å². The number of benzene rings is 2. The quantitative estimate of drug-likeness (QED) is 0.619. The fourth-order valence-corrected chi connectivity index (χ4v) is 4.02. The van der Waals surface area contributed by atoms with Crippen molar-refractivity contribution in [2.45, 2.75) is 37.9 Å². The average Bonchev–Trinajstić information content (AvgIpc) is 3.13. The Morgan fingerprint density at radius 3 is 2.61 bits per heavy atom. The van der Waals surface area contributed by atoms with Crippen LogP contribution < -0.4 is 11.1 Å². The Morgan fingerprint density at radius 1 is 1.11 bits per heavy atom. The highest BCUT2D eigenvalue weighted by Gasteiger charge is 2.23. The molecule has 5 nitrogen and oxygen atoms in total. The summed E-state index contributed by atoms with van der Waals surface area (Å²) in [7, 11) is 0. The minimum absolute atomic E-state index is 0.0493. The first kappa shape index (κ1) is 18.7. The normalized spacial score (nSPS) is 16.9. The third kappa shape index (κ3) is 4.43. The minimum atomic E-state index is -0.526. The molecule has 0 radical (unpaired) electrons. The monoisotopic (exact) mass is 376 g/mol. The maximum atomic E-state index is 12.6. The van der Waals surface area contributed by atoms with Crippen molar-refractivity contribution in [2.24, 2.45) is 5.73 Å². The van der Waals surface area contributed by atoms with Gasteiger partial charge >= 0.3 is 0 Å². The molecule has 1 amide bonds. The Labute approximate surface area is 165 Å². The van der Waals surface area contributed by atoms with Crippen molar-refractivity contribution in [3.05, 3.63) is 71.9 Å². The first-order valence-corrected chi connectivity index (χ1v) is 10.1. The second-order valence-electron chi connectivity index (χ2n) is 7.71. The van der Waals surface area contributed by atoms with Gasteiger partial charge in [-0.25, -0.2) is 0 Å². The number of hydrogen-bond acceptors (Lipinski definition) is 3. The fourth-order valence-electron chi connectivity index (χ4n) is 4.02. The highest BCUT2D eigenvalue weighted by Crippen LogP contribution is 2.19. The van der Waals surface area contributed by atoms with Crippen LogP contribution in [0.1, 0.15) is 24.0 Å². The summed E-state index contributed by atoms with van der Waals surface area (Å²) in [6, 6.07) is 18.3. The zero-order valence-corrected chi connectivity index (χ0v) is 16.1. The molecule has 0 unspecified atom stereocenters. The summed E-state index contributed by atoms with van der Waals surface area (Å²) in [5.74, 6) is -0.0493. The second-order valence-corrected chi connectivity index (χ2v) is 7.71. The van der Waals surface area contributed by atoms with Crippen molar-refractivity contribution in [2.75, 3.05) is 13.1 Å². The number of aromatic nitrogens is 1. The molecular weight excluding hydrogens is 348 g/mol. The molecule has 0 aliphatic carbocycles. The van der Waals surface area contributed by atoms with E-state index in [9.17, 15) is 4.79 Å². The number of carbonyl (C=O) groups is 1. The van der Waals surface area contributed by atoms with Crippen LogP contribution in [0.2, 0.25) is 0 Å². The van der Waals surface area contributed by atoms with E-state index in [1.165, 1.54) is 5.56 Å². The largest absolute Gasteiger partial charge is 0.361 e. The number of hydrogen-bond donors (Lipinski definition) is 3. The Kier molecular flexibility index (Phi) is 5.74. The van der Waals surface area contributed by atoms with Crippen LogP contribution in [0.5, 0.6) is 0 Å². The van der Waals surface area contributed by atoms with Gasteiger partial charge in [0.1, 0.15) is 0 Å². The molecule has 2 heterocycles. The SMILES string of the molecule is N[C@H](Cc1c[nH]c2ccccc12)C(=O)NC1CCN(Cc2ccccc2)CC1. The molecule has 5 heteroatoms. The van der Waals surface area contributed by atoms with Crippen molar-refractivity contribution in [3.8, 4) is 0 Å². The number of nitrogens with two attached hydrogens (primary N) is 1. The van der Waals surface area contributed by atoms with E-state index in [-0.39, 0.29) is 11.9 Å². The van der Waals surface area contributed by atoms with Gasteiger partial charge in [-0.15, -0.1) is 0 Å². The van der Waals surface area contributed by atoms with Crippen molar-refractivity contribution in [3.63, 3.8) is 0 Å². The first-order valence-electron chi connectivity index (χ1n) is 10.1. The van der Waals surface area contributed by atoms with Crippen LogP contribution in [0.3, 0.4) is 0 Å². The average molecular weight is 377 g/mol. The Bertz CT molecular complexity index is 913. The van der Waals surface area contributed by atoms with Gasteiger partial charge < -0.3 is 16.0 Å². The van der Waals surface area contributed by atoms with Gasteiger partial charge in [0.05, 0.1) is 6.04 Å². The third-order valence-corrected chi connectivity index (χ3v) is 5.63. The van der Waals surface area contributed by atoms with E-state index in [1.807, 2.05) is 30.5 Å². The van der Waals surface area contributed by atoms with Gasteiger partial charge in [-0.2, -0.15) is 0 Å². The van der Waals surface area contributed by atoms with Gasteiger partial charge in [-0.1, -0.05) is 48.5 Å². The molecule has 1 aromatic heterocycles. The van der Waals surface area contributed by atoms with E-state index in [4.69, 9.17) is 5.73 Å². The lowest BCUT2D eigenvalue weighted by Gasteiger charge is -2.32. The topological polar surface area (TPSA) is 74.1 Å². The van der Waals surface area contributed by atoms with Gasteiger partial charge in [0.2, 0.25) is 5.91 Å². The van der Waals surface area contributed by atoms with Crippen LogP contribution in [0.15, 0.2) is 60.8 Å². The van der Waals surface area contributed by atoms with Crippen LogP contribution >= 0.6 is 0 Å². The summed E-state index contributed by atoms with van der Waals surface area (Å²) in [6.45, 7) is 2.97. The number of amides is 1. The summed E-state index contributed by atoms with van der Waals surface area (Å²) in [6.07, 6.45) is 4.44. The molecule has 4 N–H and O–H groups in total. The van der Waals surface area contributed by atoms with Crippen molar-refractivity contribution in [1.82, 2.24) is 15.2 Å². The lowest BCUT2D eigenvalue weighted by Crippen LogP contribution is -2.50.